The van der Waals surface area contributed by atoms with Gasteiger partial charge >= 0.3 is 0 Å². The van der Waals surface area contributed by atoms with E-state index in [2.05, 4.69) is 5.32 Å². The number of methoxy groups -OCH3 is 1. The van der Waals surface area contributed by atoms with Gasteiger partial charge in [0.05, 0.1) is 22.5 Å². The Balaban J connectivity index is 2.24. The van der Waals surface area contributed by atoms with Gasteiger partial charge < -0.3 is 10.1 Å². The van der Waals surface area contributed by atoms with E-state index in [1.165, 1.54) is 12.1 Å². The number of hydrogen-bond donors (Lipinski definition) is 1. The van der Waals surface area contributed by atoms with Gasteiger partial charge in [-0.2, -0.15) is 0 Å². The molecular formula is C15H15N3O5. The molecule has 8 heteroatoms. The molecule has 120 valence electrons. The van der Waals surface area contributed by atoms with Crippen LogP contribution in [0.15, 0.2) is 42.5 Å². The highest BCUT2D eigenvalue weighted by atomic mass is 16.6. The minimum absolute atomic E-state index is 0.229. The van der Waals surface area contributed by atoms with E-state index in [1.54, 1.807) is 7.11 Å². The van der Waals surface area contributed by atoms with Gasteiger partial charge in [-0.15, -0.1) is 0 Å². The molecular weight excluding hydrogens is 302 g/mol. The summed E-state index contributed by atoms with van der Waals surface area (Å²) in [7, 11) is 1.59. The molecule has 0 unspecified atom stereocenters. The summed E-state index contributed by atoms with van der Waals surface area (Å²) in [5.74, 6) is 0. The topological polar surface area (TPSA) is 108 Å². The van der Waals surface area contributed by atoms with Crippen molar-refractivity contribution >= 4 is 17.1 Å². The monoisotopic (exact) mass is 317 g/mol. The third kappa shape index (κ3) is 4.01. The lowest BCUT2D eigenvalue weighted by Gasteiger charge is -2.11. The van der Waals surface area contributed by atoms with Gasteiger partial charge in [0.25, 0.3) is 11.4 Å². The van der Waals surface area contributed by atoms with E-state index < -0.39 is 9.85 Å². The molecule has 2 aromatic carbocycles. The molecule has 0 spiro atoms. The molecule has 0 saturated carbocycles. The molecule has 0 aliphatic rings. The molecule has 0 radical (unpaired) electrons. The zero-order chi connectivity index (χ0) is 16.8. The number of non-ortho nitro benzene ring substituents is 1. The van der Waals surface area contributed by atoms with E-state index >= 15 is 0 Å². The first kappa shape index (κ1) is 16.4. The highest BCUT2D eigenvalue weighted by Crippen LogP contribution is 2.29. The summed E-state index contributed by atoms with van der Waals surface area (Å²) in [4.78, 5) is 20.5. The number of nitrogens with zero attached hydrogens (tertiary/aromatic N) is 2. The highest BCUT2D eigenvalue weighted by molar-refractivity contribution is 5.65. The average molecular weight is 317 g/mol. The average Bonchev–Trinajstić information content (AvgIpc) is 2.54. The van der Waals surface area contributed by atoms with Crippen LogP contribution in [0.2, 0.25) is 0 Å². The molecule has 0 fully saturated rings. The van der Waals surface area contributed by atoms with Crippen molar-refractivity contribution in [3.63, 3.8) is 0 Å². The fourth-order valence-corrected chi connectivity index (χ4v) is 2.15. The molecule has 2 aromatic rings. The summed E-state index contributed by atoms with van der Waals surface area (Å²) in [5.41, 5.74) is 1.48. The molecule has 0 saturated heterocycles. The van der Waals surface area contributed by atoms with Crippen molar-refractivity contribution < 1.29 is 14.6 Å². The standard InChI is InChI=1S/C15H15N3O5/c1-23-10-12-5-3-2-4-11(12)9-16-14-7-6-13(17(19)20)8-15(14)18(21)22/h2-8,16H,9-10H2,1H3. The molecule has 0 aliphatic heterocycles. The number of nitrogens with one attached hydrogen (secondary N) is 1. The summed E-state index contributed by atoms with van der Waals surface area (Å²) in [6, 6.07) is 11.1. The minimum Gasteiger partial charge on any atom is -0.380 e. The van der Waals surface area contributed by atoms with E-state index in [0.29, 0.717) is 13.2 Å². The number of hydrogen-bond acceptors (Lipinski definition) is 6. The van der Waals surface area contributed by atoms with Gasteiger partial charge in [-0.1, -0.05) is 24.3 Å². The number of ether oxygens (including phenoxy) is 1. The summed E-state index contributed by atoms with van der Waals surface area (Å²) in [6.07, 6.45) is 0. The Labute approximate surface area is 132 Å². The Morgan fingerprint density at radius 3 is 2.35 bits per heavy atom. The molecule has 1 N–H and O–H groups in total. The Hall–Kier alpha value is -3.00. The van der Waals surface area contributed by atoms with Crippen molar-refractivity contribution in [2.75, 3.05) is 12.4 Å². The first-order valence-corrected chi connectivity index (χ1v) is 6.75. The zero-order valence-corrected chi connectivity index (χ0v) is 12.4. The van der Waals surface area contributed by atoms with E-state index in [1.807, 2.05) is 24.3 Å². The Morgan fingerprint density at radius 2 is 1.74 bits per heavy atom. The number of nitro groups is 2. The van der Waals surface area contributed by atoms with Crippen molar-refractivity contribution in [3.05, 3.63) is 73.8 Å². The van der Waals surface area contributed by atoms with Gasteiger partial charge in [0.15, 0.2) is 0 Å². The van der Waals surface area contributed by atoms with Crippen LogP contribution in [0, 0.1) is 20.2 Å². The normalized spacial score (nSPS) is 10.3. The van der Waals surface area contributed by atoms with Crippen LogP contribution < -0.4 is 5.32 Å². The Morgan fingerprint density at radius 1 is 1.04 bits per heavy atom. The third-order valence-electron chi connectivity index (χ3n) is 3.28. The molecule has 0 aliphatic carbocycles. The van der Waals surface area contributed by atoms with Crippen LogP contribution in [0.4, 0.5) is 17.1 Å². The van der Waals surface area contributed by atoms with E-state index in [4.69, 9.17) is 4.74 Å². The molecule has 0 amide bonds. The molecule has 0 heterocycles. The van der Waals surface area contributed by atoms with Crippen LogP contribution in [-0.4, -0.2) is 17.0 Å². The van der Waals surface area contributed by atoms with Crippen LogP contribution in [0.5, 0.6) is 0 Å². The molecule has 0 atom stereocenters. The van der Waals surface area contributed by atoms with Crippen molar-refractivity contribution in [2.45, 2.75) is 13.2 Å². The van der Waals surface area contributed by atoms with Crippen LogP contribution in [0.1, 0.15) is 11.1 Å². The Bertz CT molecular complexity index is 733. The van der Waals surface area contributed by atoms with Crippen molar-refractivity contribution in [2.24, 2.45) is 0 Å². The molecule has 8 nitrogen and oxygen atoms in total. The van der Waals surface area contributed by atoms with E-state index in [9.17, 15) is 20.2 Å². The van der Waals surface area contributed by atoms with Gasteiger partial charge in [-0.25, -0.2) is 0 Å². The lowest BCUT2D eigenvalue weighted by atomic mass is 10.1. The van der Waals surface area contributed by atoms with Crippen LogP contribution in [0.25, 0.3) is 0 Å². The fraction of sp³-hybridized carbons (Fsp3) is 0.200. The molecule has 0 aromatic heterocycles. The fourth-order valence-electron chi connectivity index (χ4n) is 2.15. The lowest BCUT2D eigenvalue weighted by molar-refractivity contribution is -0.393. The van der Waals surface area contributed by atoms with Crippen LogP contribution in [0.3, 0.4) is 0 Å². The quantitative estimate of drug-likeness (QED) is 0.620. The van der Waals surface area contributed by atoms with E-state index in [0.717, 1.165) is 17.2 Å². The van der Waals surface area contributed by atoms with E-state index in [-0.39, 0.29) is 17.1 Å². The largest absolute Gasteiger partial charge is 0.380 e. The number of rotatable bonds is 7. The maximum absolute atomic E-state index is 11.1. The highest BCUT2D eigenvalue weighted by Gasteiger charge is 2.19. The molecule has 0 bridgehead atoms. The lowest BCUT2D eigenvalue weighted by Crippen LogP contribution is -2.06. The summed E-state index contributed by atoms with van der Waals surface area (Å²) >= 11 is 0. The minimum atomic E-state index is -0.662. The number of nitro benzene ring substituents is 2. The van der Waals surface area contributed by atoms with Gasteiger partial charge in [0.1, 0.15) is 5.69 Å². The Kier molecular flexibility index (Phi) is 5.21. The van der Waals surface area contributed by atoms with Gasteiger partial charge in [0.2, 0.25) is 0 Å². The SMILES string of the molecule is COCc1ccccc1CNc1ccc([N+](=O)[O-])cc1[N+](=O)[O-]. The molecule has 2 rings (SSSR count). The zero-order valence-electron chi connectivity index (χ0n) is 12.4. The van der Waals surface area contributed by atoms with Crippen molar-refractivity contribution in [1.29, 1.82) is 0 Å². The van der Waals surface area contributed by atoms with Crippen LogP contribution >= 0.6 is 0 Å². The second-order valence-corrected chi connectivity index (χ2v) is 4.77. The second kappa shape index (κ2) is 7.32. The summed E-state index contributed by atoms with van der Waals surface area (Å²) in [5, 5.41) is 24.8. The predicted octanol–water partition coefficient (Wildman–Crippen LogP) is 3.26. The first-order valence-electron chi connectivity index (χ1n) is 6.75. The third-order valence-corrected chi connectivity index (χ3v) is 3.28. The van der Waals surface area contributed by atoms with Crippen molar-refractivity contribution in [1.82, 2.24) is 0 Å². The number of anilines is 1. The second-order valence-electron chi connectivity index (χ2n) is 4.77. The number of benzene rings is 2. The molecule has 23 heavy (non-hydrogen) atoms. The summed E-state index contributed by atoms with van der Waals surface area (Å²) < 4.78 is 5.11. The van der Waals surface area contributed by atoms with Gasteiger partial charge in [0, 0.05) is 19.7 Å². The predicted molar refractivity (Wildman–Crippen MR) is 84.2 cm³/mol. The van der Waals surface area contributed by atoms with Gasteiger partial charge in [-0.05, 0) is 17.2 Å². The maximum atomic E-state index is 11.1. The van der Waals surface area contributed by atoms with Crippen molar-refractivity contribution in [3.8, 4) is 0 Å². The van der Waals surface area contributed by atoms with Gasteiger partial charge in [-0.3, -0.25) is 20.2 Å². The van der Waals surface area contributed by atoms with Crippen LogP contribution in [-0.2, 0) is 17.9 Å². The smallest absolute Gasteiger partial charge is 0.299 e. The first-order chi connectivity index (χ1) is 11.0. The summed E-state index contributed by atoms with van der Waals surface area (Å²) in [6.45, 7) is 0.776. The maximum Gasteiger partial charge on any atom is 0.299 e.